The van der Waals surface area contributed by atoms with Gasteiger partial charge in [-0.25, -0.2) is 9.97 Å². The molecule has 0 N–H and O–H groups in total. The van der Waals surface area contributed by atoms with Gasteiger partial charge in [0.2, 0.25) is 22.8 Å². The van der Waals surface area contributed by atoms with E-state index in [1.165, 1.54) is 38.3 Å². The highest BCUT2D eigenvalue weighted by Crippen LogP contribution is 2.20. The van der Waals surface area contributed by atoms with Crippen LogP contribution in [0.3, 0.4) is 0 Å². The van der Waals surface area contributed by atoms with Crippen molar-refractivity contribution in [3.8, 4) is 17.8 Å². The summed E-state index contributed by atoms with van der Waals surface area (Å²) in [5.41, 5.74) is 1.34. The van der Waals surface area contributed by atoms with Gasteiger partial charge in [0.25, 0.3) is 5.78 Å². The molecule has 3 aromatic rings. The van der Waals surface area contributed by atoms with Gasteiger partial charge in [-0.3, -0.25) is 4.79 Å². The molecule has 0 spiro atoms. The molecule has 0 aromatic carbocycles. The average molecular weight is 488 g/mol. The highest BCUT2D eigenvalue weighted by Gasteiger charge is 2.24. The summed E-state index contributed by atoms with van der Waals surface area (Å²) in [6.45, 7) is 3.40. The van der Waals surface area contributed by atoms with Gasteiger partial charge in [0, 0.05) is 30.6 Å². The lowest BCUT2D eigenvalue weighted by Crippen LogP contribution is -2.47. The number of hydrogen-bond donors (Lipinski definition) is 0. The predicted octanol–water partition coefficient (Wildman–Crippen LogP) is 1.28. The Kier molecular flexibility index (Phi) is 7.43. The van der Waals surface area contributed by atoms with E-state index < -0.39 is 0 Å². The zero-order valence-electron chi connectivity index (χ0n) is 19.3. The Labute approximate surface area is 200 Å². The molecule has 0 saturated carbocycles. The zero-order chi connectivity index (χ0) is 24.1. The second-order valence-electron chi connectivity index (χ2n) is 7.29. The van der Waals surface area contributed by atoms with Crippen LogP contribution in [-0.2, 0) is 9.53 Å². The van der Waals surface area contributed by atoms with Crippen LogP contribution in [0.2, 0.25) is 0 Å². The van der Waals surface area contributed by atoms with Crippen LogP contribution in [0.15, 0.2) is 23.5 Å². The van der Waals surface area contributed by atoms with Gasteiger partial charge in [0.05, 0.1) is 32.9 Å². The molecular weight excluding hydrogens is 462 g/mol. The maximum atomic E-state index is 12.8. The van der Waals surface area contributed by atoms with Crippen molar-refractivity contribution in [3.05, 3.63) is 29.6 Å². The van der Waals surface area contributed by atoms with E-state index in [-0.39, 0.29) is 24.6 Å². The minimum absolute atomic E-state index is 0.158. The molecule has 0 aliphatic carbocycles. The molecule has 12 nitrogen and oxygen atoms in total. The van der Waals surface area contributed by atoms with Gasteiger partial charge in [0.1, 0.15) is 12.7 Å². The number of carbonyl (C=O) groups excluding carboxylic acids is 1. The second kappa shape index (κ2) is 10.7. The first-order valence-electron chi connectivity index (χ1n) is 10.5. The molecule has 13 heteroatoms. The van der Waals surface area contributed by atoms with E-state index in [2.05, 4.69) is 25.0 Å². The Bertz CT molecular complexity index is 1200. The van der Waals surface area contributed by atoms with Crippen LogP contribution in [0, 0.1) is 6.92 Å². The first kappa shape index (κ1) is 23.7. The third kappa shape index (κ3) is 5.37. The second-order valence-corrected chi connectivity index (χ2v) is 8.06. The molecule has 3 aromatic heterocycles. The highest BCUT2D eigenvalue weighted by atomic mass is 32.2. The Balaban J connectivity index is 1.39. The number of rotatable bonds is 8. The van der Waals surface area contributed by atoms with Crippen molar-refractivity contribution in [1.29, 1.82) is 0 Å². The van der Waals surface area contributed by atoms with E-state index in [4.69, 9.17) is 18.9 Å². The number of amides is 1. The van der Waals surface area contributed by atoms with Crippen LogP contribution < -0.4 is 14.2 Å². The molecule has 34 heavy (non-hydrogen) atoms. The third-order valence-electron chi connectivity index (χ3n) is 4.98. The fourth-order valence-corrected chi connectivity index (χ4v) is 3.66. The Morgan fingerprint density at radius 3 is 2.91 bits per heavy atom. The molecule has 1 atom stereocenters. The van der Waals surface area contributed by atoms with Gasteiger partial charge in [-0.15, -0.1) is 5.10 Å². The van der Waals surface area contributed by atoms with Crippen molar-refractivity contribution >= 4 is 29.5 Å². The predicted molar refractivity (Wildman–Crippen MR) is 123 cm³/mol. The summed E-state index contributed by atoms with van der Waals surface area (Å²) in [7, 11) is 2.96. The molecular formula is C21H25N7O5S. The van der Waals surface area contributed by atoms with Gasteiger partial charge in [0.15, 0.2) is 0 Å². The number of methoxy groups -OCH3 is 2. The fraction of sp³-hybridized carbons (Fsp3) is 0.429. The van der Waals surface area contributed by atoms with E-state index in [0.717, 1.165) is 5.69 Å². The van der Waals surface area contributed by atoms with Crippen LogP contribution in [0.4, 0.5) is 0 Å². The molecule has 4 rings (SSSR count). The molecule has 4 heterocycles. The number of nitrogens with zero attached hydrogens (tertiary/aromatic N) is 7. The average Bonchev–Trinajstić information content (AvgIpc) is 3.29. The molecule has 1 unspecified atom stereocenters. The number of aryl methyl sites for hydroxylation is 1. The molecule has 1 aliphatic heterocycles. The number of aromatic nitrogens is 6. The minimum Gasteiger partial charge on any atom is -0.480 e. The van der Waals surface area contributed by atoms with E-state index in [0.29, 0.717) is 48.0 Å². The third-order valence-corrected chi connectivity index (χ3v) is 5.52. The summed E-state index contributed by atoms with van der Waals surface area (Å²) < 4.78 is 23.6. The van der Waals surface area contributed by atoms with Gasteiger partial charge in [-0.05, 0) is 19.3 Å². The summed E-state index contributed by atoms with van der Waals surface area (Å²) >= 11 is 1.43. The van der Waals surface area contributed by atoms with Crippen LogP contribution in [0.5, 0.6) is 17.8 Å². The number of carbonyl (C=O) groups is 1. The van der Waals surface area contributed by atoms with Gasteiger partial charge < -0.3 is 23.8 Å². The molecule has 1 fully saturated rings. The highest BCUT2D eigenvalue weighted by molar-refractivity contribution is 7.98. The topological polar surface area (TPSA) is 126 Å². The number of fused-ring (bicyclic) bond motifs is 1. The fourth-order valence-electron chi connectivity index (χ4n) is 3.33. The summed E-state index contributed by atoms with van der Waals surface area (Å²) in [5.74, 6) is 1.16. The molecule has 0 bridgehead atoms. The summed E-state index contributed by atoms with van der Waals surface area (Å²) in [6.07, 6.45) is 6.22. The van der Waals surface area contributed by atoms with Crippen molar-refractivity contribution in [2.75, 3.05) is 46.8 Å². The minimum atomic E-state index is -0.294. The van der Waals surface area contributed by atoms with Crippen molar-refractivity contribution in [2.24, 2.45) is 0 Å². The molecule has 1 aliphatic rings. The zero-order valence-corrected chi connectivity index (χ0v) is 20.1. The maximum absolute atomic E-state index is 12.8. The van der Waals surface area contributed by atoms with Crippen molar-refractivity contribution < 1.29 is 23.7 Å². The molecule has 1 saturated heterocycles. The first-order valence-corrected chi connectivity index (χ1v) is 11.7. The van der Waals surface area contributed by atoms with Gasteiger partial charge >= 0.3 is 6.01 Å². The Morgan fingerprint density at radius 2 is 2.15 bits per heavy atom. The monoisotopic (exact) mass is 487 g/mol. The Hall–Kier alpha value is -3.45. The standard InChI is InChI=1S/C21H25N7O5S/c1-13-9-17(28-19(23-13)25-21(26-28)34-4)33-12-15-11-27(7-8-32-15)16(29)6-5-14-10-22-20(31-3)24-18(14)30-2/h5-6,9-10,15H,7-8,11-12H2,1-4H3/b6-5+. The summed E-state index contributed by atoms with van der Waals surface area (Å²) in [5, 5.41) is 5.01. The summed E-state index contributed by atoms with van der Waals surface area (Å²) in [6, 6.07) is 1.98. The normalized spacial score (nSPS) is 16.2. The van der Waals surface area contributed by atoms with E-state index in [1.54, 1.807) is 21.6 Å². The van der Waals surface area contributed by atoms with Crippen molar-refractivity contribution in [2.45, 2.75) is 18.2 Å². The number of thioether (sulfide) groups is 1. The lowest BCUT2D eigenvalue weighted by atomic mass is 10.2. The molecule has 180 valence electrons. The van der Waals surface area contributed by atoms with E-state index in [9.17, 15) is 4.79 Å². The summed E-state index contributed by atoms with van der Waals surface area (Å²) in [4.78, 5) is 31.4. The SMILES string of the molecule is COc1ncc(/C=C/C(=O)N2CCOC(COc3cc(C)nc4nc(SC)nn34)C2)c(OC)n1. The van der Waals surface area contributed by atoms with E-state index >= 15 is 0 Å². The van der Waals surface area contributed by atoms with Crippen LogP contribution in [0.1, 0.15) is 11.3 Å². The largest absolute Gasteiger partial charge is 0.480 e. The van der Waals surface area contributed by atoms with Crippen molar-refractivity contribution in [3.63, 3.8) is 0 Å². The van der Waals surface area contributed by atoms with E-state index in [1.807, 2.05) is 13.2 Å². The molecule has 0 radical (unpaired) electrons. The number of ether oxygens (including phenoxy) is 4. The Morgan fingerprint density at radius 1 is 1.29 bits per heavy atom. The number of morpholine rings is 1. The first-order chi connectivity index (χ1) is 16.5. The van der Waals surface area contributed by atoms with Crippen LogP contribution in [-0.4, -0.2) is 93.2 Å². The van der Waals surface area contributed by atoms with Crippen molar-refractivity contribution in [1.82, 2.24) is 34.4 Å². The number of hydrogen-bond acceptors (Lipinski definition) is 11. The quantitative estimate of drug-likeness (QED) is 0.337. The maximum Gasteiger partial charge on any atom is 0.319 e. The lowest BCUT2D eigenvalue weighted by molar-refractivity contribution is -0.134. The van der Waals surface area contributed by atoms with Gasteiger partial charge in [-0.1, -0.05) is 11.8 Å². The van der Waals surface area contributed by atoms with Gasteiger partial charge in [-0.2, -0.15) is 14.5 Å². The molecule has 1 amide bonds. The lowest BCUT2D eigenvalue weighted by Gasteiger charge is -2.32. The smallest absolute Gasteiger partial charge is 0.319 e. The van der Waals surface area contributed by atoms with Crippen LogP contribution >= 0.6 is 11.8 Å². The van der Waals surface area contributed by atoms with Crippen LogP contribution in [0.25, 0.3) is 11.9 Å².